The molecule has 15 heavy (non-hydrogen) atoms. The summed E-state index contributed by atoms with van der Waals surface area (Å²) in [6, 6.07) is 4.70. The zero-order chi connectivity index (χ0) is 11.3. The summed E-state index contributed by atoms with van der Waals surface area (Å²) in [5.41, 5.74) is -0.0183. The standard InChI is InChI=1S/C10H11ClO4/c1-14-5-6-15-8-4-2-3-7(11)9(8)10(12)13/h2-4H,5-6H2,1H3,(H,12,13). The normalized spacial score (nSPS) is 10.0. The van der Waals surface area contributed by atoms with Crippen LogP contribution in [0.2, 0.25) is 5.02 Å². The molecule has 4 nitrogen and oxygen atoms in total. The predicted molar refractivity (Wildman–Crippen MR) is 55.8 cm³/mol. The molecule has 0 aliphatic carbocycles. The fourth-order valence-electron chi connectivity index (χ4n) is 1.07. The van der Waals surface area contributed by atoms with Gasteiger partial charge in [-0.3, -0.25) is 0 Å². The lowest BCUT2D eigenvalue weighted by Crippen LogP contribution is -2.08. The molecule has 0 saturated carbocycles. The van der Waals surface area contributed by atoms with Gasteiger partial charge in [-0.15, -0.1) is 0 Å². The molecule has 1 aromatic rings. The number of methoxy groups -OCH3 is 1. The number of hydrogen-bond acceptors (Lipinski definition) is 3. The number of benzene rings is 1. The summed E-state index contributed by atoms with van der Waals surface area (Å²) in [7, 11) is 1.54. The molecule has 0 aliphatic heterocycles. The van der Waals surface area contributed by atoms with Crippen LogP contribution in [0, 0.1) is 0 Å². The summed E-state index contributed by atoms with van der Waals surface area (Å²) in [5, 5.41) is 9.07. The van der Waals surface area contributed by atoms with Crippen molar-refractivity contribution >= 4 is 17.6 Å². The minimum Gasteiger partial charge on any atom is -0.490 e. The van der Waals surface area contributed by atoms with E-state index in [0.717, 1.165) is 0 Å². The van der Waals surface area contributed by atoms with Crippen molar-refractivity contribution < 1.29 is 19.4 Å². The molecule has 1 N–H and O–H groups in total. The molecule has 0 aromatic heterocycles. The van der Waals surface area contributed by atoms with Crippen LogP contribution in [0.25, 0.3) is 0 Å². The van der Waals surface area contributed by atoms with E-state index >= 15 is 0 Å². The van der Waals surface area contributed by atoms with Crippen molar-refractivity contribution in [3.8, 4) is 5.75 Å². The van der Waals surface area contributed by atoms with Crippen molar-refractivity contribution in [2.24, 2.45) is 0 Å². The van der Waals surface area contributed by atoms with Crippen molar-refractivity contribution in [1.82, 2.24) is 0 Å². The molecule has 0 heterocycles. The Morgan fingerprint density at radius 3 is 2.80 bits per heavy atom. The highest BCUT2D eigenvalue weighted by atomic mass is 35.5. The van der Waals surface area contributed by atoms with Crippen LogP contribution in [0.3, 0.4) is 0 Å². The molecule has 0 radical (unpaired) electrons. The van der Waals surface area contributed by atoms with Gasteiger partial charge in [0.15, 0.2) is 0 Å². The first-order chi connectivity index (χ1) is 7.16. The number of carboxylic acids is 1. The van der Waals surface area contributed by atoms with Gasteiger partial charge in [-0.05, 0) is 12.1 Å². The fourth-order valence-corrected chi connectivity index (χ4v) is 1.31. The number of aromatic carboxylic acids is 1. The number of carboxylic acid groups (broad SMARTS) is 1. The highest BCUT2D eigenvalue weighted by Crippen LogP contribution is 2.26. The van der Waals surface area contributed by atoms with Crippen molar-refractivity contribution in [3.63, 3.8) is 0 Å². The Hall–Kier alpha value is -1.26. The van der Waals surface area contributed by atoms with Crippen LogP contribution in [0.1, 0.15) is 10.4 Å². The smallest absolute Gasteiger partial charge is 0.341 e. The zero-order valence-electron chi connectivity index (χ0n) is 8.20. The highest BCUT2D eigenvalue weighted by molar-refractivity contribution is 6.33. The Labute approximate surface area is 92.4 Å². The third kappa shape index (κ3) is 3.11. The van der Waals surface area contributed by atoms with Gasteiger partial charge in [-0.1, -0.05) is 17.7 Å². The number of rotatable bonds is 5. The highest BCUT2D eigenvalue weighted by Gasteiger charge is 2.15. The van der Waals surface area contributed by atoms with Gasteiger partial charge in [0, 0.05) is 7.11 Å². The van der Waals surface area contributed by atoms with Crippen LogP contribution in [0.5, 0.6) is 5.75 Å². The maximum Gasteiger partial charge on any atom is 0.341 e. The zero-order valence-corrected chi connectivity index (χ0v) is 8.95. The Morgan fingerprint density at radius 2 is 2.20 bits per heavy atom. The summed E-state index contributed by atoms with van der Waals surface area (Å²) in [5.74, 6) is -0.847. The molecule has 0 aliphatic rings. The Kier molecular flexibility index (Phi) is 4.39. The predicted octanol–water partition coefficient (Wildman–Crippen LogP) is 2.06. The Bertz CT molecular complexity index is 351. The lowest BCUT2D eigenvalue weighted by Gasteiger charge is -2.09. The molecule has 0 amide bonds. The number of halogens is 1. The van der Waals surface area contributed by atoms with E-state index in [1.165, 1.54) is 6.07 Å². The van der Waals surface area contributed by atoms with Gasteiger partial charge in [0.2, 0.25) is 0 Å². The molecule has 0 unspecified atom stereocenters. The summed E-state index contributed by atoms with van der Waals surface area (Å²) < 4.78 is 10.0. The first-order valence-corrected chi connectivity index (χ1v) is 4.68. The SMILES string of the molecule is COCCOc1cccc(Cl)c1C(=O)O. The van der Waals surface area contributed by atoms with Crippen molar-refractivity contribution in [2.75, 3.05) is 20.3 Å². The van der Waals surface area contributed by atoms with Crippen molar-refractivity contribution in [3.05, 3.63) is 28.8 Å². The molecule has 1 rings (SSSR count). The second kappa shape index (κ2) is 5.58. The average molecular weight is 231 g/mol. The van der Waals surface area contributed by atoms with Crippen molar-refractivity contribution in [2.45, 2.75) is 0 Å². The summed E-state index contributed by atoms with van der Waals surface area (Å²) >= 11 is 5.75. The first kappa shape index (κ1) is 11.8. The molecule has 0 fully saturated rings. The summed E-state index contributed by atoms with van der Waals surface area (Å²) in [6.45, 7) is 0.683. The second-order valence-corrected chi connectivity index (χ2v) is 3.17. The third-order valence-electron chi connectivity index (χ3n) is 1.73. The average Bonchev–Trinajstić information content (AvgIpc) is 2.17. The number of hydrogen-bond donors (Lipinski definition) is 1. The van der Waals surface area contributed by atoms with Gasteiger partial charge >= 0.3 is 5.97 Å². The van der Waals surface area contributed by atoms with E-state index < -0.39 is 5.97 Å². The Morgan fingerprint density at radius 1 is 1.47 bits per heavy atom. The molecule has 0 spiro atoms. The van der Waals surface area contributed by atoms with Crippen LogP contribution in [-0.4, -0.2) is 31.4 Å². The van der Waals surface area contributed by atoms with E-state index in [0.29, 0.717) is 6.61 Å². The molecule has 0 bridgehead atoms. The van der Waals surface area contributed by atoms with Gasteiger partial charge < -0.3 is 14.6 Å². The van der Waals surface area contributed by atoms with E-state index in [1.54, 1.807) is 19.2 Å². The maximum atomic E-state index is 10.9. The summed E-state index contributed by atoms with van der Waals surface area (Å²) in [4.78, 5) is 10.9. The molecule has 0 saturated heterocycles. The van der Waals surface area contributed by atoms with Gasteiger partial charge in [0.25, 0.3) is 0 Å². The quantitative estimate of drug-likeness (QED) is 0.787. The van der Waals surface area contributed by atoms with E-state index in [-0.39, 0.29) is 22.9 Å². The maximum absolute atomic E-state index is 10.9. The van der Waals surface area contributed by atoms with Gasteiger partial charge in [-0.25, -0.2) is 4.79 Å². The van der Waals surface area contributed by atoms with Crippen LogP contribution in [0.4, 0.5) is 0 Å². The first-order valence-electron chi connectivity index (χ1n) is 4.30. The lowest BCUT2D eigenvalue weighted by molar-refractivity contribution is 0.0690. The lowest BCUT2D eigenvalue weighted by atomic mass is 10.2. The van der Waals surface area contributed by atoms with Crippen LogP contribution >= 0.6 is 11.6 Å². The van der Waals surface area contributed by atoms with Gasteiger partial charge in [0.05, 0.1) is 11.6 Å². The molecular weight excluding hydrogens is 220 g/mol. The van der Waals surface area contributed by atoms with E-state index in [1.807, 2.05) is 0 Å². The van der Waals surface area contributed by atoms with Crippen LogP contribution < -0.4 is 4.74 Å². The molecule has 0 atom stereocenters. The van der Waals surface area contributed by atoms with Crippen molar-refractivity contribution in [1.29, 1.82) is 0 Å². The molecule has 82 valence electrons. The van der Waals surface area contributed by atoms with E-state index in [9.17, 15) is 4.79 Å². The van der Waals surface area contributed by atoms with E-state index in [2.05, 4.69) is 0 Å². The minimum absolute atomic E-state index is 0.0183. The van der Waals surface area contributed by atoms with Crippen LogP contribution in [0.15, 0.2) is 18.2 Å². The molecular formula is C10H11ClO4. The molecule has 5 heteroatoms. The Balaban J connectivity index is 2.86. The van der Waals surface area contributed by atoms with Gasteiger partial charge in [0.1, 0.15) is 17.9 Å². The fraction of sp³-hybridized carbons (Fsp3) is 0.300. The second-order valence-electron chi connectivity index (χ2n) is 2.76. The monoisotopic (exact) mass is 230 g/mol. The number of ether oxygens (including phenoxy) is 2. The summed E-state index contributed by atoms with van der Waals surface area (Å²) in [6.07, 6.45) is 0. The van der Waals surface area contributed by atoms with Crippen LogP contribution in [-0.2, 0) is 4.74 Å². The minimum atomic E-state index is -1.10. The largest absolute Gasteiger partial charge is 0.490 e. The van der Waals surface area contributed by atoms with E-state index in [4.69, 9.17) is 26.2 Å². The topological polar surface area (TPSA) is 55.8 Å². The third-order valence-corrected chi connectivity index (χ3v) is 2.05. The number of carbonyl (C=O) groups is 1. The van der Waals surface area contributed by atoms with Gasteiger partial charge in [-0.2, -0.15) is 0 Å². The molecule has 1 aromatic carbocycles.